The fourth-order valence-electron chi connectivity index (χ4n) is 2.79. The second-order valence-electron chi connectivity index (χ2n) is 6.28. The lowest BCUT2D eigenvalue weighted by Crippen LogP contribution is -2.02. The van der Waals surface area contributed by atoms with Gasteiger partial charge in [0.15, 0.2) is 16.8 Å². The summed E-state index contributed by atoms with van der Waals surface area (Å²) in [4.78, 5) is 8.55. The summed E-state index contributed by atoms with van der Waals surface area (Å²) in [6, 6.07) is 2.62. The topological polar surface area (TPSA) is 56.5 Å². The maximum Gasteiger partial charge on any atom is 0.197 e. The van der Waals surface area contributed by atoms with Crippen LogP contribution in [0.3, 0.4) is 0 Å². The van der Waals surface area contributed by atoms with E-state index in [0.29, 0.717) is 28.0 Å². The Hall–Kier alpha value is -2.09. The van der Waals surface area contributed by atoms with Crippen molar-refractivity contribution in [1.29, 1.82) is 0 Å². The molecule has 2 aliphatic carbocycles. The molecule has 8 heteroatoms. The molecule has 5 nitrogen and oxygen atoms in total. The van der Waals surface area contributed by atoms with Crippen LogP contribution in [0.25, 0.3) is 11.0 Å². The lowest BCUT2D eigenvalue weighted by atomic mass is 10.3. The molecule has 2 saturated carbocycles. The molecule has 122 valence electrons. The van der Waals surface area contributed by atoms with Gasteiger partial charge < -0.3 is 4.57 Å². The predicted octanol–water partition coefficient (Wildman–Crippen LogP) is 3.86. The molecule has 0 aliphatic heterocycles. The van der Waals surface area contributed by atoms with E-state index in [1.54, 1.807) is 6.20 Å². The van der Waals surface area contributed by atoms with Crippen LogP contribution in [0.15, 0.2) is 28.5 Å². The van der Waals surface area contributed by atoms with E-state index < -0.39 is 11.6 Å². The molecule has 0 bridgehead atoms. The second-order valence-corrected chi connectivity index (χ2v) is 7.27. The summed E-state index contributed by atoms with van der Waals surface area (Å²) in [6.07, 6.45) is 6.22. The minimum Gasteiger partial charge on any atom is -0.302 e. The fourth-order valence-corrected chi connectivity index (χ4v) is 3.65. The number of fused-ring (bicyclic) bond motifs is 1. The van der Waals surface area contributed by atoms with Gasteiger partial charge in [-0.1, -0.05) is 0 Å². The number of hydrogen-bond acceptors (Lipinski definition) is 5. The van der Waals surface area contributed by atoms with Crippen LogP contribution in [0.1, 0.15) is 43.5 Å². The zero-order valence-electron chi connectivity index (χ0n) is 12.6. The van der Waals surface area contributed by atoms with Gasteiger partial charge >= 0.3 is 0 Å². The fraction of sp³-hybridized carbons (Fsp3) is 0.375. The molecule has 2 aromatic heterocycles. The first-order valence-electron chi connectivity index (χ1n) is 7.93. The van der Waals surface area contributed by atoms with Crippen LogP contribution in [0.2, 0.25) is 0 Å². The van der Waals surface area contributed by atoms with Gasteiger partial charge in [-0.25, -0.2) is 13.8 Å². The van der Waals surface area contributed by atoms with Crippen molar-refractivity contribution in [3.05, 3.63) is 35.8 Å². The Morgan fingerprint density at radius 2 is 1.75 bits per heavy atom. The van der Waals surface area contributed by atoms with E-state index in [2.05, 4.69) is 24.7 Å². The smallest absolute Gasteiger partial charge is 0.197 e. The molecule has 2 fully saturated rings. The van der Waals surface area contributed by atoms with Crippen molar-refractivity contribution in [3.63, 3.8) is 0 Å². The quantitative estimate of drug-likeness (QED) is 0.719. The lowest BCUT2D eigenvalue weighted by molar-refractivity contribution is 0.510. The van der Waals surface area contributed by atoms with Gasteiger partial charge in [-0.15, -0.1) is 10.2 Å². The summed E-state index contributed by atoms with van der Waals surface area (Å²) in [7, 11) is 0. The maximum absolute atomic E-state index is 13.4. The SMILES string of the molecule is Fc1cc2ncc(Sc3nnc(C4CC4)n3C3CC3)nc2cc1F. The minimum absolute atomic E-state index is 0.332. The molecule has 0 N–H and O–H groups in total. The lowest BCUT2D eigenvalue weighted by Gasteiger charge is -2.08. The molecule has 0 atom stereocenters. The van der Waals surface area contributed by atoms with Gasteiger partial charge in [-0.3, -0.25) is 4.98 Å². The zero-order valence-corrected chi connectivity index (χ0v) is 13.4. The Balaban J connectivity index is 1.51. The molecule has 3 aromatic rings. The zero-order chi connectivity index (χ0) is 16.3. The predicted molar refractivity (Wildman–Crippen MR) is 83.8 cm³/mol. The largest absolute Gasteiger partial charge is 0.302 e. The molecule has 1 aromatic carbocycles. The summed E-state index contributed by atoms with van der Waals surface area (Å²) >= 11 is 1.37. The highest BCUT2D eigenvalue weighted by atomic mass is 32.2. The summed E-state index contributed by atoms with van der Waals surface area (Å²) in [6.45, 7) is 0. The third kappa shape index (κ3) is 2.45. The molecular formula is C16H13F2N5S. The number of rotatable bonds is 4. The van der Waals surface area contributed by atoms with Crippen LogP contribution in [-0.2, 0) is 0 Å². The molecule has 2 heterocycles. The van der Waals surface area contributed by atoms with Crippen molar-refractivity contribution < 1.29 is 8.78 Å². The first kappa shape index (κ1) is 14.3. The molecule has 5 rings (SSSR count). The van der Waals surface area contributed by atoms with Gasteiger partial charge in [0.1, 0.15) is 10.9 Å². The number of hydrogen-bond donors (Lipinski definition) is 0. The van der Waals surface area contributed by atoms with Crippen LogP contribution in [0.4, 0.5) is 8.78 Å². The van der Waals surface area contributed by atoms with E-state index in [1.807, 2.05) is 0 Å². The highest BCUT2D eigenvalue weighted by Gasteiger charge is 2.36. The van der Waals surface area contributed by atoms with Crippen LogP contribution in [0, 0.1) is 11.6 Å². The van der Waals surface area contributed by atoms with Gasteiger partial charge in [-0.05, 0) is 37.4 Å². The molecule has 0 spiro atoms. The van der Waals surface area contributed by atoms with E-state index in [1.165, 1.54) is 24.6 Å². The normalized spacial score (nSPS) is 17.6. The van der Waals surface area contributed by atoms with Gasteiger partial charge in [0, 0.05) is 24.1 Å². The Labute approximate surface area is 140 Å². The average molecular weight is 345 g/mol. The third-order valence-electron chi connectivity index (χ3n) is 4.30. The molecule has 2 aliphatic rings. The summed E-state index contributed by atoms with van der Waals surface area (Å²) < 4.78 is 28.9. The summed E-state index contributed by atoms with van der Waals surface area (Å²) in [5, 5.41) is 10.1. The molecular weight excluding hydrogens is 332 g/mol. The summed E-state index contributed by atoms with van der Waals surface area (Å²) in [5.41, 5.74) is 0.666. The standard InChI is InChI=1S/C16H13F2N5S/c17-10-5-12-13(6-11(10)18)20-14(7-19-12)24-16-22-21-15(8-1-2-8)23(16)9-3-4-9/h5-9H,1-4H2. The van der Waals surface area contributed by atoms with Crippen molar-refractivity contribution in [2.75, 3.05) is 0 Å². The van der Waals surface area contributed by atoms with E-state index in [9.17, 15) is 8.78 Å². The van der Waals surface area contributed by atoms with E-state index in [-0.39, 0.29) is 0 Å². The number of benzene rings is 1. The minimum atomic E-state index is -0.920. The summed E-state index contributed by atoms with van der Waals surface area (Å²) in [5.74, 6) is -0.232. The van der Waals surface area contributed by atoms with Crippen molar-refractivity contribution in [2.45, 2.75) is 47.8 Å². The van der Waals surface area contributed by atoms with Gasteiger partial charge in [0.05, 0.1) is 17.2 Å². The highest BCUT2D eigenvalue weighted by Crippen LogP contribution is 2.46. The maximum atomic E-state index is 13.4. The number of aromatic nitrogens is 5. The number of halogens is 2. The third-order valence-corrected chi connectivity index (χ3v) is 5.17. The van der Waals surface area contributed by atoms with Crippen LogP contribution < -0.4 is 0 Å². The number of nitrogens with zero attached hydrogens (tertiary/aromatic N) is 5. The van der Waals surface area contributed by atoms with Crippen molar-refractivity contribution in [1.82, 2.24) is 24.7 Å². The Kier molecular flexibility index (Phi) is 3.09. The van der Waals surface area contributed by atoms with Crippen LogP contribution in [-0.4, -0.2) is 24.7 Å². The Morgan fingerprint density at radius 3 is 2.46 bits per heavy atom. The molecule has 0 amide bonds. The van der Waals surface area contributed by atoms with Gasteiger partial charge in [-0.2, -0.15) is 0 Å². The average Bonchev–Trinajstić information content (AvgIpc) is 3.48. The van der Waals surface area contributed by atoms with E-state index in [4.69, 9.17) is 0 Å². The van der Waals surface area contributed by atoms with Crippen LogP contribution >= 0.6 is 11.8 Å². The van der Waals surface area contributed by atoms with Crippen molar-refractivity contribution in [2.24, 2.45) is 0 Å². The Morgan fingerprint density at radius 1 is 1.00 bits per heavy atom. The van der Waals surface area contributed by atoms with E-state index in [0.717, 1.165) is 36.0 Å². The molecule has 0 unspecified atom stereocenters. The van der Waals surface area contributed by atoms with Gasteiger partial charge in [0.2, 0.25) is 0 Å². The van der Waals surface area contributed by atoms with Gasteiger partial charge in [0.25, 0.3) is 0 Å². The molecule has 0 saturated heterocycles. The Bertz CT molecular complexity index is 949. The molecule has 24 heavy (non-hydrogen) atoms. The van der Waals surface area contributed by atoms with E-state index >= 15 is 0 Å². The van der Waals surface area contributed by atoms with Crippen molar-refractivity contribution in [3.8, 4) is 0 Å². The first-order chi connectivity index (χ1) is 11.7. The first-order valence-corrected chi connectivity index (χ1v) is 8.75. The van der Waals surface area contributed by atoms with Crippen LogP contribution in [0.5, 0.6) is 0 Å². The highest BCUT2D eigenvalue weighted by molar-refractivity contribution is 7.99. The molecule has 0 radical (unpaired) electrons. The van der Waals surface area contributed by atoms with Crippen molar-refractivity contribution >= 4 is 22.8 Å². The second kappa shape index (κ2) is 5.20. The monoisotopic (exact) mass is 345 g/mol.